The lowest BCUT2D eigenvalue weighted by atomic mass is 10.1. The maximum absolute atomic E-state index is 13.6. The number of thioether (sulfide) groups is 1. The Morgan fingerprint density at radius 2 is 2.31 bits per heavy atom. The lowest BCUT2D eigenvalue weighted by Crippen LogP contribution is -1.98. The molecule has 2 rings (SSSR count). The van der Waals surface area contributed by atoms with Crippen LogP contribution in [0.25, 0.3) is 0 Å². The topological polar surface area (TPSA) is 54.7 Å². The maximum Gasteiger partial charge on any atom is 0.165 e. The number of imidazole rings is 1. The molecule has 1 heterocycles. The number of nitrogens with two attached hydrogens (primary N) is 1. The van der Waals surface area contributed by atoms with Crippen molar-refractivity contribution < 1.29 is 4.39 Å². The molecule has 1 aromatic heterocycles. The van der Waals surface area contributed by atoms with Gasteiger partial charge in [0.05, 0.1) is 0 Å². The summed E-state index contributed by atoms with van der Waals surface area (Å²) in [5.74, 6) is 0.353. The van der Waals surface area contributed by atoms with Crippen molar-refractivity contribution in [3.63, 3.8) is 0 Å². The highest BCUT2D eigenvalue weighted by Gasteiger charge is 2.04. The molecule has 16 heavy (non-hydrogen) atoms. The van der Waals surface area contributed by atoms with E-state index in [9.17, 15) is 4.39 Å². The van der Waals surface area contributed by atoms with Gasteiger partial charge in [-0.3, -0.25) is 0 Å². The van der Waals surface area contributed by atoms with Crippen molar-refractivity contribution in [1.29, 1.82) is 0 Å². The van der Waals surface area contributed by atoms with E-state index in [4.69, 9.17) is 5.73 Å². The van der Waals surface area contributed by atoms with E-state index in [1.165, 1.54) is 17.8 Å². The Morgan fingerprint density at radius 1 is 1.44 bits per heavy atom. The number of nitrogens with zero attached hydrogens (tertiary/aromatic N) is 1. The molecule has 3 N–H and O–H groups in total. The Labute approximate surface area is 97.3 Å². The molecule has 0 radical (unpaired) electrons. The van der Waals surface area contributed by atoms with Gasteiger partial charge in [-0.2, -0.15) is 0 Å². The van der Waals surface area contributed by atoms with E-state index in [0.717, 1.165) is 10.7 Å². The molecule has 0 aliphatic heterocycles. The summed E-state index contributed by atoms with van der Waals surface area (Å²) in [6.07, 6.45) is 3.42. The molecule has 0 aliphatic carbocycles. The second kappa shape index (κ2) is 5.14. The Bertz CT molecular complexity index is 456. The normalized spacial score (nSPS) is 10.6. The Morgan fingerprint density at radius 3 is 2.94 bits per heavy atom. The first-order valence-electron chi connectivity index (χ1n) is 4.89. The van der Waals surface area contributed by atoms with Gasteiger partial charge in [0.25, 0.3) is 0 Å². The highest BCUT2D eigenvalue weighted by molar-refractivity contribution is 7.98. The van der Waals surface area contributed by atoms with Crippen LogP contribution in [0.1, 0.15) is 11.1 Å². The van der Waals surface area contributed by atoms with E-state index in [1.54, 1.807) is 18.5 Å². The average Bonchev–Trinajstić information content (AvgIpc) is 2.80. The van der Waals surface area contributed by atoms with Crippen molar-refractivity contribution >= 4 is 11.8 Å². The highest BCUT2D eigenvalue weighted by Crippen LogP contribution is 2.21. The quantitative estimate of drug-likeness (QED) is 0.802. The summed E-state index contributed by atoms with van der Waals surface area (Å²) >= 11 is 1.47. The van der Waals surface area contributed by atoms with Crippen LogP contribution in [-0.2, 0) is 12.3 Å². The molecule has 0 saturated carbocycles. The lowest BCUT2D eigenvalue weighted by molar-refractivity contribution is 0.615. The number of halogens is 1. The van der Waals surface area contributed by atoms with Gasteiger partial charge < -0.3 is 10.7 Å². The molecular formula is C11H12FN3S. The smallest absolute Gasteiger partial charge is 0.165 e. The molecule has 3 nitrogen and oxygen atoms in total. The summed E-state index contributed by atoms with van der Waals surface area (Å²) in [5.41, 5.74) is 6.91. The van der Waals surface area contributed by atoms with Crippen LogP contribution >= 0.6 is 11.8 Å². The predicted molar refractivity (Wildman–Crippen MR) is 62.4 cm³/mol. The minimum Gasteiger partial charge on any atom is -0.340 e. The van der Waals surface area contributed by atoms with Gasteiger partial charge in [-0.1, -0.05) is 23.9 Å². The van der Waals surface area contributed by atoms with Crippen molar-refractivity contribution in [3.05, 3.63) is 47.5 Å². The molecule has 0 saturated heterocycles. The number of hydrogen-bond donors (Lipinski definition) is 2. The van der Waals surface area contributed by atoms with Gasteiger partial charge in [-0.15, -0.1) is 0 Å². The Kier molecular flexibility index (Phi) is 3.58. The zero-order chi connectivity index (χ0) is 11.4. The number of hydrogen-bond acceptors (Lipinski definition) is 3. The minimum atomic E-state index is -0.206. The molecule has 2 aromatic rings. The van der Waals surface area contributed by atoms with Gasteiger partial charge in [-0.05, 0) is 17.2 Å². The molecule has 5 heteroatoms. The number of aromatic nitrogens is 2. The van der Waals surface area contributed by atoms with E-state index in [0.29, 0.717) is 17.9 Å². The van der Waals surface area contributed by atoms with Crippen LogP contribution in [0, 0.1) is 5.82 Å². The molecule has 0 fully saturated rings. The number of aromatic amines is 1. The number of nitrogens with one attached hydrogen (secondary N) is 1. The lowest BCUT2D eigenvalue weighted by Gasteiger charge is -2.03. The third kappa shape index (κ3) is 2.62. The minimum absolute atomic E-state index is 0.206. The fourth-order valence-electron chi connectivity index (χ4n) is 1.31. The summed E-state index contributed by atoms with van der Waals surface area (Å²) in [6.45, 7) is 0.364. The van der Waals surface area contributed by atoms with Crippen LogP contribution in [-0.4, -0.2) is 9.97 Å². The molecule has 0 spiro atoms. The zero-order valence-corrected chi connectivity index (χ0v) is 9.43. The largest absolute Gasteiger partial charge is 0.340 e. The first-order chi connectivity index (χ1) is 7.79. The SMILES string of the molecule is NCc1ccc(CSc2ncc[nH]2)c(F)c1. The first-order valence-corrected chi connectivity index (χ1v) is 5.87. The monoisotopic (exact) mass is 237 g/mol. The van der Waals surface area contributed by atoms with Gasteiger partial charge in [0.2, 0.25) is 0 Å². The summed E-state index contributed by atoms with van der Waals surface area (Å²) in [7, 11) is 0. The Hall–Kier alpha value is -1.33. The predicted octanol–water partition coefficient (Wildman–Crippen LogP) is 2.30. The number of benzene rings is 1. The van der Waals surface area contributed by atoms with Crippen LogP contribution in [0.2, 0.25) is 0 Å². The molecule has 84 valence electrons. The third-order valence-corrected chi connectivity index (χ3v) is 3.14. The van der Waals surface area contributed by atoms with Crippen LogP contribution < -0.4 is 5.73 Å². The number of rotatable bonds is 4. The van der Waals surface area contributed by atoms with E-state index >= 15 is 0 Å². The van der Waals surface area contributed by atoms with Crippen LogP contribution in [0.3, 0.4) is 0 Å². The molecule has 0 unspecified atom stereocenters. The van der Waals surface area contributed by atoms with Gasteiger partial charge >= 0.3 is 0 Å². The van der Waals surface area contributed by atoms with Crippen molar-refractivity contribution in [2.45, 2.75) is 17.5 Å². The molecule has 0 amide bonds. The third-order valence-electron chi connectivity index (χ3n) is 2.19. The second-order valence-corrected chi connectivity index (χ2v) is 4.28. The second-order valence-electron chi connectivity index (χ2n) is 3.31. The number of H-pyrrole nitrogens is 1. The van der Waals surface area contributed by atoms with E-state index < -0.39 is 0 Å². The van der Waals surface area contributed by atoms with Gasteiger partial charge in [0, 0.05) is 24.7 Å². The first kappa shape index (κ1) is 11.2. The van der Waals surface area contributed by atoms with Gasteiger partial charge in [-0.25, -0.2) is 9.37 Å². The summed E-state index contributed by atoms with van der Waals surface area (Å²) in [4.78, 5) is 7.02. The van der Waals surface area contributed by atoms with E-state index in [2.05, 4.69) is 9.97 Å². The molecule has 0 bridgehead atoms. The van der Waals surface area contributed by atoms with Crippen molar-refractivity contribution in [3.8, 4) is 0 Å². The van der Waals surface area contributed by atoms with Crippen LogP contribution in [0.4, 0.5) is 4.39 Å². The fraction of sp³-hybridized carbons (Fsp3) is 0.182. The van der Waals surface area contributed by atoms with Crippen LogP contribution in [0.5, 0.6) is 0 Å². The van der Waals surface area contributed by atoms with E-state index in [1.807, 2.05) is 6.07 Å². The average molecular weight is 237 g/mol. The zero-order valence-electron chi connectivity index (χ0n) is 8.61. The van der Waals surface area contributed by atoms with Crippen molar-refractivity contribution in [2.75, 3.05) is 0 Å². The van der Waals surface area contributed by atoms with Gasteiger partial charge in [0.1, 0.15) is 5.82 Å². The maximum atomic E-state index is 13.6. The standard InChI is InChI=1S/C11H12FN3S/c12-10-5-8(6-13)1-2-9(10)7-16-11-14-3-4-15-11/h1-5H,6-7,13H2,(H,14,15). The molecule has 0 atom stereocenters. The van der Waals surface area contributed by atoms with Crippen molar-refractivity contribution in [2.24, 2.45) is 5.73 Å². The van der Waals surface area contributed by atoms with Crippen molar-refractivity contribution in [1.82, 2.24) is 9.97 Å². The molecule has 1 aromatic carbocycles. The summed E-state index contributed by atoms with van der Waals surface area (Å²) < 4.78 is 13.6. The molecule has 0 aliphatic rings. The Balaban J connectivity index is 2.04. The molecular weight excluding hydrogens is 225 g/mol. The summed E-state index contributed by atoms with van der Waals surface area (Å²) in [5, 5.41) is 0.794. The van der Waals surface area contributed by atoms with Crippen LogP contribution in [0.15, 0.2) is 35.7 Å². The highest BCUT2D eigenvalue weighted by atomic mass is 32.2. The fourth-order valence-corrected chi connectivity index (χ4v) is 2.12. The van der Waals surface area contributed by atoms with Gasteiger partial charge in [0.15, 0.2) is 5.16 Å². The summed E-state index contributed by atoms with van der Waals surface area (Å²) in [6, 6.07) is 5.10. The van der Waals surface area contributed by atoms with E-state index in [-0.39, 0.29) is 5.82 Å².